The van der Waals surface area contributed by atoms with E-state index in [2.05, 4.69) is 25.3 Å². The molecule has 2 aromatic carbocycles. The van der Waals surface area contributed by atoms with Crippen molar-refractivity contribution in [1.82, 2.24) is 25.3 Å². The maximum absolute atomic E-state index is 13.0. The lowest BCUT2D eigenvalue weighted by Gasteiger charge is -2.08. The fourth-order valence-electron chi connectivity index (χ4n) is 3.06. The average Bonchev–Trinajstić information content (AvgIpc) is 3.21. The molecule has 0 bridgehead atoms. The third kappa shape index (κ3) is 5.49. The second-order valence-electron chi connectivity index (χ2n) is 7.05. The second-order valence-corrected chi connectivity index (χ2v) is 7.05. The molecule has 174 valence electrons. The summed E-state index contributed by atoms with van der Waals surface area (Å²) in [5, 5.41) is 10.7. The molecule has 8 nitrogen and oxygen atoms in total. The minimum Gasteiger partial charge on any atom is -0.439 e. The zero-order chi connectivity index (χ0) is 24.1. The van der Waals surface area contributed by atoms with Crippen LogP contribution in [0.3, 0.4) is 0 Å². The first-order valence-corrected chi connectivity index (χ1v) is 10.0. The Labute approximate surface area is 192 Å². The maximum Gasteiger partial charge on any atom is 0.387 e. The molecule has 0 aliphatic rings. The Balaban J connectivity index is 1.40. The number of benzene rings is 2. The molecule has 0 spiro atoms. The summed E-state index contributed by atoms with van der Waals surface area (Å²) in [7, 11) is 0. The molecule has 0 aliphatic carbocycles. The van der Waals surface area contributed by atoms with Crippen LogP contribution in [-0.4, -0.2) is 32.5 Å². The van der Waals surface area contributed by atoms with E-state index in [1.807, 2.05) is 0 Å². The van der Waals surface area contributed by atoms with E-state index in [4.69, 9.17) is 4.74 Å². The summed E-state index contributed by atoms with van der Waals surface area (Å²) in [6.07, 6.45) is 1.53. The van der Waals surface area contributed by atoms with Crippen molar-refractivity contribution >= 4 is 5.91 Å². The van der Waals surface area contributed by atoms with Gasteiger partial charge >= 0.3 is 6.61 Å². The maximum atomic E-state index is 13.0. The molecule has 34 heavy (non-hydrogen) atoms. The number of pyridine rings is 1. The van der Waals surface area contributed by atoms with Gasteiger partial charge in [-0.3, -0.25) is 4.79 Å². The second kappa shape index (κ2) is 10.0. The fourth-order valence-corrected chi connectivity index (χ4v) is 3.06. The molecule has 11 heteroatoms. The van der Waals surface area contributed by atoms with Gasteiger partial charge in [0.25, 0.3) is 5.91 Å². The summed E-state index contributed by atoms with van der Waals surface area (Å²) >= 11 is 0. The van der Waals surface area contributed by atoms with Crippen molar-refractivity contribution in [2.24, 2.45) is 0 Å². The van der Waals surface area contributed by atoms with Crippen LogP contribution < -0.4 is 14.8 Å². The van der Waals surface area contributed by atoms with E-state index in [-0.39, 0.29) is 23.8 Å². The number of nitrogens with one attached hydrogen (secondary N) is 1. The van der Waals surface area contributed by atoms with Gasteiger partial charge < -0.3 is 14.8 Å². The lowest BCUT2D eigenvalue weighted by molar-refractivity contribution is -0.0498. The molecule has 0 saturated heterocycles. The minimum absolute atomic E-state index is 0.00890. The van der Waals surface area contributed by atoms with Crippen molar-refractivity contribution in [2.75, 3.05) is 0 Å². The Morgan fingerprint density at radius 2 is 1.76 bits per heavy atom. The van der Waals surface area contributed by atoms with Crippen molar-refractivity contribution in [3.63, 3.8) is 0 Å². The minimum atomic E-state index is -2.92. The third-order valence-corrected chi connectivity index (χ3v) is 4.70. The summed E-state index contributed by atoms with van der Waals surface area (Å²) in [5.74, 6) is -0.0912. The van der Waals surface area contributed by atoms with Gasteiger partial charge in [0.2, 0.25) is 5.88 Å². The van der Waals surface area contributed by atoms with Crippen LogP contribution in [0.25, 0.3) is 5.69 Å². The molecular weight excluding hydrogens is 451 g/mol. The van der Waals surface area contributed by atoms with E-state index < -0.39 is 12.5 Å². The van der Waals surface area contributed by atoms with Crippen LogP contribution in [0.2, 0.25) is 0 Å². The molecule has 1 amide bonds. The smallest absolute Gasteiger partial charge is 0.387 e. The zero-order valence-electron chi connectivity index (χ0n) is 17.8. The monoisotopic (exact) mass is 469 g/mol. The van der Waals surface area contributed by atoms with Crippen LogP contribution in [0.4, 0.5) is 13.2 Å². The lowest BCUT2D eigenvalue weighted by Crippen LogP contribution is -2.24. The van der Waals surface area contributed by atoms with E-state index in [9.17, 15) is 18.0 Å². The first kappa shape index (κ1) is 22.8. The summed E-state index contributed by atoms with van der Waals surface area (Å²) in [5.41, 5.74) is 1.84. The summed E-state index contributed by atoms with van der Waals surface area (Å²) in [6.45, 7) is -1.08. The van der Waals surface area contributed by atoms with Crippen LogP contribution in [0.5, 0.6) is 17.4 Å². The highest BCUT2D eigenvalue weighted by molar-refractivity contribution is 5.93. The molecule has 0 atom stereocenters. The number of carbonyl (C=O) groups is 1. The fraction of sp³-hybridized carbons (Fsp3) is 0.130. The number of amides is 1. The van der Waals surface area contributed by atoms with Crippen molar-refractivity contribution in [3.8, 4) is 23.1 Å². The van der Waals surface area contributed by atoms with Gasteiger partial charge in [-0.15, -0.1) is 5.10 Å². The number of rotatable bonds is 8. The Bertz CT molecular complexity index is 1280. The van der Waals surface area contributed by atoms with Gasteiger partial charge in [0, 0.05) is 18.8 Å². The molecule has 4 rings (SSSR count). The standard InChI is InChI=1S/C23H18F3N5O3/c1-14-21(29-30-31(14)17-4-8-19(9-5-17)34-23(25)26)22(32)28-13-15-10-11-27-20(12-15)33-18-6-2-16(24)3-7-18/h2-12,23H,13H2,1H3,(H,28,32). The molecule has 2 heterocycles. The van der Waals surface area contributed by atoms with E-state index in [0.29, 0.717) is 23.0 Å². The number of carbonyl (C=O) groups excluding carboxylic acids is 1. The van der Waals surface area contributed by atoms with E-state index in [0.717, 1.165) is 5.56 Å². The van der Waals surface area contributed by atoms with Crippen LogP contribution in [0, 0.1) is 12.7 Å². The summed E-state index contributed by atoms with van der Waals surface area (Å²) in [6, 6.07) is 14.7. The first-order valence-electron chi connectivity index (χ1n) is 10.0. The molecule has 0 saturated carbocycles. The molecule has 0 unspecified atom stereocenters. The SMILES string of the molecule is Cc1c(C(=O)NCc2ccnc(Oc3ccc(F)cc3)c2)nnn1-c1ccc(OC(F)F)cc1. The summed E-state index contributed by atoms with van der Waals surface area (Å²) in [4.78, 5) is 16.8. The molecular formula is C23H18F3N5O3. The van der Waals surface area contributed by atoms with Gasteiger partial charge in [-0.1, -0.05) is 5.21 Å². The lowest BCUT2D eigenvalue weighted by atomic mass is 10.2. The van der Waals surface area contributed by atoms with Gasteiger partial charge in [0.15, 0.2) is 5.69 Å². The molecule has 0 radical (unpaired) electrons. The molecule has 2 aromatic heterocycles. The molecule has 0 aliphatic heterocycles. The Kier molecular flexibility index (Phi) is 6.72. The number of ether oxygens (including phenoxy) is 2. The van der Waals surface area contributed by atoms with Crippen molar-refractivity contribution < 1.29 is 27.4 Å². The number of nitrogens with zero attached hydrogens (tertiary/aromatic N) is 4. The van der Waals surface area contributed by atoms with Crippen molar-refractivity contribution in [3.05, 3.63) is 89.6 Å². The van der Waals surface area contributed by atoms with Gasteiger partial charge in [-0.25, -0.2) is 14.1 Å². The highest BCUT2D eigenvalue weighted by Gasteiger charge is 2.17. The topological polar surface area (TPSA) is 91.2 Å². The van der Waals surface area contributed by atoms with Gasteiger partial charge in [-0.05, 0) is 67.1 Å². The van der Waals surface area contributed by atoms with Crippen LogP contribution >= 0.6 is 0 Å². The zero-order valence-corrected chi connectivity index (χ0v) is 17.8. The Morgan fingerprint density at radius 1 is 1.06 bits per heavy atom. The van der Waals surface area contributed by atoms with Crippen LogP contribution in [0.1, 0.15) is 21.7 Å². The van der Waals surface area contributed by atoms with Crippen LogP contribution in [-0.2, 0) is 6.54 Å². The van der Waals surface area contributed by atoms with Gasteiger partial charge in [0.05, 0.1) is 11.4 Å². The van der Waals surface area contributed by atoms with E-state index >= 15 is 0 Å². The Hall–Kier alpha value is -4.41. The van der Waals surface area contributed by atoms with Crippen molar-refractivity contribution in [2.45, 2.75) is 20.1 Å². The molecule has 4 aromatic rings. The normalized spacial score (nSPS) is 10.9. The molecule has 1 N–H and O–H groups in total. The average molecular weight is 469 g/mol. The van der Waals surface area contributed by atoms with E-state index in [1.165, 1.54) is 59.4 Å². The predicted octanol–water partition coefficient (Wildman–Crippen LogP) is 4.43. The number of hydrogen-bond acceptors (Lipinski definition) is 6. The molecule has 0 fully saturated rings. The summed E-state index contributed by atoms with van der Waals surface area (Å²) < 4.78 is 49.0. The quantitative estimate of drug-likeness (QED) is 0.411. The predicted molar refractivity (Wildman–Crippen MR) is 115 cm³/mol. The first-order chi connectivity index (χ1) is 16.4. The number of alkyl halides is 2. The number of halogens is 3. The Morgan fingerprint density at radius 3 is 2.47 bits per heavy atom. The van der Waals surface area contributed by atoms with Gasteiger partial charge in [-0.2, -0.15) is 8.78 Å². The number of aromatic nitrogens is 4. The number of hydrogen-bond donors (Lipinski definition) is 1. The van der Waals surface area contributed by atoms with Crippen LogP contribution in [0.15, 0.2) is 66.9 Å². The third-order valence-electron chi connectivity index (χ3n) is 4.70. The highest BCUT2D eigenvalue weighted by Crippen LogP contribution is 2.21. The van der Waals surface area contributed by atoms with Gasteiger partial charge in [0.1, 0.15) is 17.3 Å². The van der Waals surface area contributed by atoms with E-state index in [1.54, 1.807) is 19.1 Å². The van der Waals surface area contributed by atoms with Crippen molar-refractivity contribution in [1.29, 1.82) is 0 Å². The largest absolute Gasteiger partial charge is 0.439 e. The highest BCUT2D eigenvalue weighted by atomic mass is 19.3.